The molecule has 0 unspecified atom stereocenters. The summed E-state index contributed by atoms with van der Waals surface area (Å²) in [5, 5.41) is 6.32. The van der Waals surface area contributed by atoms with Crippen molar-refractivity contribution < 1.29 is 4.79 Å². The molecule has 0 spiro atoms. The van der Waals surface area contributed by atoms with Gasteiger partial charge in [0.1, 0.15) is 5.01 Å². The van der Waals surface area contributed by atoms with E-state index in [1.165, 1.54) is 5.56 Å². The van der Waals surface area contributed by atoms with Crippen LogP contribution in [0.5, 0.6) is 0 Å². The van der Waals surface area contributed by atoms with Gasteiger partial charge in [0.05, 0.1) is 12.2 Å². The standard InChI is InChI=1S/C19H24N4OS/c24-18(20-16-6-7-16)13-23-10-8-22(9-11-23)12-17-14-25-19(21-17)15-4-2-1-3-5-15/h1-5,14,16H,6-13H2,(H,20,24). The van der Waals surface area contributed by atoms with Crippen LogP contribution in [0.3, 0.4) is 0 Å². The first-order valence-electron chi connectivity index (χ1n) is 9.00. The molecule has 2 heterocycles. The van der Waals surface area contributed by atoms with Crippen LogP contribution in [-0.2, 0) is 11.3 Å². The third-order valence-corrected chi connectivity index (χ3v) is 5.67. The van der Waals surface area contributed by atoms with Crippen molar-refractivity contribution in [3.05, 3.63) is 41.4 Å². The van der Waals surface area contributed by atoms with Gasteiger partial charge < -0.3 is 5.32 Å². The molecular formula is C19H24N4OS. The highest BCUT2D eigenvalue weighted by molar-refractivity contribution is 7.13. The number of hydrogen-bond acceptors (Lipinski definition) is 5. The zero-order chi connectivity index (χ0) is 17.1. The van der Waals surface area contributed by atoms with Crippen LogP contribution in [0, 0.1) is 0 Å². The second-order valence-electron chi connectivity index (χ2n) is 6.90. The second kappa shape index (κ2) is 7.64. The zero-order valence-corrected chi connectivity index (χ0v) is 15.2. The molecule has 1 amide bonds. The third kappa shape index (κ3) is 4.66. The van der Waals surface area contributed by atoms with Gasteiger partial charge in [0.25, 0.3) is 0 Å². The molecule has 1 aromatic heterocycles. The summed E-state index contributed by atoms with van der Waals surface area (Å²) in [6, 6.07) is 10.8. The molecule has 0 bridgehead atoms. The lowest BCUT2D eigenvalue weighted by Gasteiger charge is -2.33. The fraction of sp³-hybridized carbons (Fsp3) is 0.474. The Labute approximate surface area is 152 Å². The first-order chi connectivity index (χ1) is 12.3. The molecule has 132 valence electrons. The number of nitrogens with zero attached hydrogens (tertiary/aromatic N) is 3. The second-order valence-corrected chi connectivity index (χ2v) is 7.76. The Morgan fingerprint density at radius 2 is 1.84 bits per heavy atom. The van der Waals surface area contributed by atoms with E-state index >= 15 is 0 Å². The molecule has 1 aromatic carbocycles. The van der Waals surface area contributed by atoms with Crippen molar-refractivity contribution in [2.24, 2.45) is 0 Å². The predicted molar refractivity (Wildman–Crippen MR) is 100 cm³/mol. The molecule has 1 N–H and O–H groups in total. The van der Waals surface area contributed by atoms with Crippen LogP contribution in [0.15, 0.2) is 35.7 Å². The van der Waals surface area contributed by atoms with Crippen LogP contribution in [0.2, 0.25) is 0 Å². The largest absolute Gasteiger partial charge is 0.352 e. The number of piperazine rings is 1. The highest BCUT2D eigenvalue weighted by Crippen LogP contribution is 2.24. The van der Waals surface area contributed by atoms with E-state index in [9.17, 15) is 4.79 Å². The Kier molecular flexibility index (Phi) is 5.10. The topological polar surface area (TPSA) is 48.5 Å². The summed E-state index contributed by atoms with van der Waals surface area (Å²) < 4.78 is 0. The van der Waals surface area contributed by atoms with Crippen molar-refractivity contribution in [2.45, 2.75) is 25.4 Å². The number of aromatic nitrogens is 1. The molecule has 6 heteroatoms. The van der Waals surface area contributed by atoms with Crippen molar-refractivity contribution >= 4 is 17.2 Å². The molecule has 5 nitrogen and oxygen atoms in total. The maximum atomic E-state index is 11.9. The Balaban J connectivity index is 1.24. The number of benzene rings is 1. The molecule has 2 aliphatic rings. The van der Waals surface area contributed by atoms with Crippen LogP contribution in [-0.4, -0.2) is 59.5 Å². The van der Waals surface area contributed by atoms with E-state index in [0.717, 1.165) is 56.3 Å². The molecule has 1 aliphatic heterocycles. The van der Waals surface area contributed by atoms with Gasteiger partial charge in [0, 0.05) is 49.7 Å². The van der Waals surface area contributed by atoms with Crippen molar-refractivity contribution in [3.8, 4) is 10.6 Å². The molecule has 0 radical (unpaired) electrons. The number of amides is 1. The number of thiazole rings is 1. The van der Waals surface area contributed by atoms with Crippen LogP contribution in [0.25, 0.3) is 10.6 Å². The number of carbonyl (C=O) groups is 1. The van der Waals surface area contributed by atoms with Crippen LogP contribution < -0.4 is 5.32 Å². The normalized spacial score (nSPS) is 19.0. The molecule has 2 aromatic rings. The molecule has 1 saturated heterocycles. The Morgan fingerprint density at radius 3 is 2.56 bits per heavy atom. The van der Waals surface area contributed by atoms with E-state index < -0.39 is 0 Å². The molecule has 1 aliphatic carbocycles. The Bertz CT molecular complexity index is 705. The number of nitrogens with one attached hydrogen (secondary N) is 1. The number of rotatable bonds is 6. The maximum Gasteiger partial charge on any atom is 0.234 e. The van der Waals surface area contributed by atoms with E-state index in [1.807, 2.05) is 6.07 Å². The first-order valence-corrected chi connectivity index (χ1v) is 9.88. The van der Waals surface area contributed by atoms with E-state index in [2.05, 4.69) is 44.8 Å². The Hall–Kier alpha value is -1.76. The van der Waals surface area contributed by atoms with Gasteiger partial charge in [0.15, 0.2) is 0 Å². The van der Waals surface area contributed by atoms with Gasteiger partial charge in [-0.1, -0.05) is 30.3 Å². The average molecular weight is 356 g/mol. The highest BCUT2D eigenvalue weighted by atomic mass is 32.1. The molecule has 0 atom stereocenters. The summed E-state index contributed by atoms with van der Waals surface area (Å²) in [6.45, 7) is 5.33. The summed E-state index contributed by atoms with van der Waals surface area (Å²) in [5.41, 5.74) is 2.33. The van der Waals surface area contributed by atoms with Gasteiger partial charge >= 0.3 is 0 Å². The van der Waals surface area contributed by atoms with Gasteiger partial charge in [0.2, 0.25) is 5.91 Å². The van der Waals surface area contributed by atoms with Crippen molar-refractivity contribution in [2.75, 3.05) is 32.7 Å². The third-order valence-electron chi connectivity index (χ3n) is 4.73. The predicted octanol–water partition coefficient (Wildman–Crippen LogP) is 2.21. The van der Waals surface area contributed by atoms with Gasteiger partial charge in [-0.05, 0) is 12.8 Å². The quantitative estimate of drug-likeness (QED) is 0.862. The van der Waals surface area contributed by atoms with Crippen molar-refractivity contribution in [1.29, 1.82) is 0 Å². The lowest BCUT2D eigenvalue weighted by molar-refractivity contribution is -0.122. The van der Waals surface area contributed by atoms with Crippen LogP contribution in [0.4, 0.5) is 0 Å². The van der Waals surface area contributed by atoms with Gasteiger partial charge in [-0.3, -0.25) is 14.6 Å². The van der Waals surface area contributed by atoms with E-state index in [4.69, 9.17) is 4.98 Å². The molecule has 2 fully saturated rings. The lowest BCUT2D eigenvalue weighted by atomic mass is 10.2. The monoisotopic (exact) mass is 356 g/mol. The van der Waals surface area contributed by atoms with Crippen LogP contribution >= 0.6 is 11.3 Å². The van der Waals surface area contributed by atoms with Crippen molar-refractivity contribution in [1.82, 2.24) is 20.1 Å². The summed E-state index contributed by atoms with van der Waals surface area (Å²) >= 11 is 1.71. The smallest absolute Gasteiger partial charge is 0.234 e. The van der Waals surface area contributed by atoms with Gasteiger partial charge in [-0.25, -0.2) is 4.98 Å². The van der Waals surface area contributed by atoms with Crippen molar-refractivity contribution in [3.63, 3.8) is 0 Å². The van der Waals surface area contributed by atoms with E-state index in [0.29, 0.717) is 12.6 Å². The first kappa shape index (κ1) is 16.7. The molecule has 4 rings (SSSR count). The summed E-state index contributed by atoms with van der Waals surface area (Å²) in [5.74, 6) is 0.183. The summed E-state index contributed by atoms with van der Waals surface area (Å²) in [4.78, 5) is 21.4. The SMILES string of the molecule is O=C(CN1CCN(Cc2csc(-c3ccccc3)n2)CC1)NC1CC1. The molecule has 25 heavy (non-hydrogen) atoms. The molecular weight excluding hydrogens is 332 g/mol. The minimum Gasteiger partial charge on any atom is -0.352 e. The van der Waals surface area contributed by atoms with E-state index in [-0.39, 0.29) is 5.91 Å². The fourth-order valence-electron chi connectivity index (χ4n) is 3.13. The zero-order valence-electron chi connectivity index (χ0n) is 14.4. The van der Waals surface area contributed by atoms with E-state index in [1.54, 1.807) is 11.3 Å². The summed E-state index contributed by atoms with van der Waals surface area (Å²) in [7, 11) is 0. The van der Waals surface area contributed by atoms with Crippen LogP contribution in [0.1, 0.15) is 18.5 Å². The maximum absolute atomic E-state index is 11.9. The minimum atomic E-state index is 0.183. The fourth-order valence-corrected chi connectivity index (χ4v) is 3.95. The highest BCUT2D eigenvalue weighted by Gasteiger charge is 2.25. The minimum absolute atomic E-state index is 0.183. The number of carbonyl (C=O) groups excluding carboxylic acids is 1. The van der Waals surface area contributed by atoms with Gasteiger partial charge in [-0.2, -0.15) is 0 Å². The van der Waals surface area contributed by atoms with Gasteiger partial charge in [-0.15, -0.1) is 11.3 Å². The lowest BCUT2D eigenvalue weighted by Crippen LogP contribution is -2.49. The number of hydrogen-bond donors (Lipinski definition) is 1. The molecule has 1 saturated carbocycles. The average Bonchev–Trinajstić information content (AvgIpc) is 3.32. The Morgan fingerprint density at radius 1 is 1.12 bits per heavy atom. The summed E-state index contributed by atoms with van der Waals surface area (Å²) in [6.07, 6.45) is 2.30.